The minimum Gasteiger partial charge on any atom is -0.329 e. The van der Waals surface area contributed by atoms with Crippen molar-refractivity contribution >= 4 is 0 Å². The van der Waals surface area contributed by atoms with E-state index in [9.17, 15) is 0 Å². The van der Waals surface area contributed by atoms with Crippen molar-refractivity contribution in [3.63, 3.8) is 0 Å². The Hall–Kier alpha value is -0.830. The highest BCUT2D eigenvalue weighted by Crippen LogP contribution is 2.46. The van der Waals surface area contributed by atoms with Gasteiger partial charge in [0.05, 0.1) is 23.8 Å². The molecule has 1 aliphatic carbocycles. The molecule has 1 aliphatic rings. The second kappa shape index (κ2) is 4.13. The van der Waals surface area contributed by atoms with Crippen LogP contribution in [-0.4, -0.2) is 16.6 Å². The minimum atomic E-state index is -0.0187. The zero-order chi connectivity index (χ0) is 12.7. The summed E-state index contributed by atoms with van der Waals surface area (Å²) in [5.41, 5.74) is 1.66. The molecule has 2 rings (SSSR count). The van der Waals surface area contributed by atoms with Crippen LogP contribution in [0.25, 0.3) is 0 Å². The molecule has 1 heterocycles. The lowest BCUT2D eigenvalue weighted by Gasteiger charge is -2.33. The van der Waals surface area contributed by atoms with Gasteiger partial charge in [0.1, 0.15) is 0 Å². The molecule has 0 spiro atoms. The molecule has 1 N–H and O–H groups in total. The van der Waals surface area contributed by atoms with Crippen molar-refractivity contribution in [3.05, 3.63) is 18.2 Å². The molecule has 0 radical (unpaired) electrons. The summed E-state index contributed by atoms with van der Waals surface area (Å²) in [7, 11) is 2.01. The molecule has 3 heteroatoms. The fourth-order valence-electron chi connectivity index (χ4n) is 2.99. The zero-order valence-electron chi connectivity index (χ0n) is 11.7. The second-order valence-corrected chi connectivity index (χ2v) is 6.46. The topological polar surface area (TPSA) is 29.9 Å². The lowest BCUT2D eigenvalue weighted by atomic mass is 9.86. The van der Waals surface area contributed by atoms with Crippen LogP contribution in [-0.2, 0) is 5.54 Å². The molecular formula is C14H25N3. The number of nitrogens with zero attached hydrogens (tertiary/aromatic N) is 2. The van der Waals surface area contributed by atoms with Gasteiger partial charge in [-0.2, -0.15) is 0 Å². The molecule has 1 saturated carbocycles. The second-order valence-electron chi connectivity index (χ2n) is 6.46. The summed E-state index contributed by atoms with van der Waals surface area (Å²) in [6.45, 7) is 9.17. The summed E-state index contributed by atoms with van der Waals surface area (Å²) < 4.78 is 2.39. The first-order valence-electron chi connectivity index (χ1n) is 6.60. The zero-order valence-corrected chi connectivity index (χ0v) is 11.7. The van der Waals surface area contributed by atoms with Gasteiger partial charge in [-0.15, -0.1) is 0 Å². The molecule has 17 heavy (non-hydrogen) atoms. The predicted octanol–water partition coefficient (Wildman–Crippen LogP) is 3.09. The molecule has 1 fully saturated rings. The molecule has 0 saturated heterocycles. The van der Waals surface area contributed by atoms with E-state index in [0.29, 0.717) is 11.5 Å². The van der Waals surface area contributed by atoms with Gasteiger partial charge >= 0.3 is 0 Å². The molecule has 1 atom stereocenters. The van der Waals surface area contributed by atoms with Crippen molar-refractivity contribution in [1.82, 2.24) is 14.9 Å². The van der Waals surface area contributed by atoms with E-state index in [0.717, 1.165) is 0 Å². The third kappa shape index (κ3) is 2.13. The van der Waals surface area contributed by atoms with Crippen molar-refractivity contribution in [3.8, 4) is 0 Å². The molecule has 0 bridgehead atoms. The number of hydrogen-bond donors (Lipinski definition) is 1. The van der Waals surface area contributed by atoms with Gasteiger partial charge in [-0.25, -0.2) is 4.98 Å². The van der Waals surface area contributed by atoms with Gasteiger partial charge in [0, 0.05) is 6.04 Å². The Bertz CT molecular complexity index is 390. The third-order valence-corrected chi connectivity index (χ3v) is 4.47. The van der Waals surface area contributed by atoms with Crippen molar-refractivity contribution in [2.75, 3.05) is 7.05 Å². The van der Waals surface area contributed by atoms with Gasteiger partial charge in [-0.05, 0) is 39.2 Å². The Morgan fingerprint density at radius 1 is 1.47 bits per heavy atom. The van der Waals surface area contributed by atoms with E-state index in [-0.39, 0.29) is 5.54 Å². The lowest BCUT2D eigenvalue weighted by molar-refractivity contribution is 0.244. The molecule has 0 amide bonds. The maximum Gasteiger partial charge on any atom is 0.0951 e. The molecule has 96 valence electrons. The van der Waals surface area contributed by atoms with Gasteiger partial charge < -0.3 is 9.88 Å². The normalized spacial score (nSPS) is 24.2. The number of rotatable bonds is 3. The van der Waals surface area contributed by atoms with Crippen LogP contribution >= 0.6 is 0 Å². The average molecular weight is 235 g/mol. The van der Waals surface area contributed by atoms with Gasteiger partial charge in [-0.1, -0.05) is 20.3 Å². The Balaban J connectivity index is 2.38. The number of nitrogens with one attached hydrogen (secondary N) is 1. The van der Waals surface area contributed by atoms with Crippen LogP contribution in [0.4, 0.5) is 0 Å². The van der Waals surface area contributed by atoms with Crippen molar-refractivity contribution in [2.45, 2.75) is 58.5 Å². The van der Waals surface area contributed by atoms with Crippen molar-refractivity contribution < 1.29 is 0 Å². The summed E-state index contributed by atoms with van der Waals surface area (Å²) in [5, 5.41) is 3.37. The maximum absolute atomic E-state index is 4.37. The fraction of sp³-hybridized carbons (Fsp3) is 0.786. The SMILES string of the molecule is CNC(C)(C)c1cncn1C1CCCC1(C)C. The molecular weight excluding hydrogens is 210 g/mol. The highest BCUT2D eigenvalue weighted by Gasteiger charge is 2.38. The number of hydrogen-bond acceptors (Lipinski definition) is 2. The van der Waals surface area contributed by atoms with E-state index < -0.39 is 0 Å². The molecule has 3 nitrogen and oxygen atoms in total. The van der Waals surface area contributed by atoms with Gasteiger partial charge in [0.15, 0.2) is 0 Å². The van der Waals surface area contributed by atoms with Gasteiger partial charge in [0.2, 0.25) is 0 Å². The number of imidazole rings is 1. The molecule has 1 aromatic heterocycles. The largest absolute Gasteiger partial charge is 0.329 e. The summed E-state index contributed by atoms with van der Waals surface area (Å²) in [5.74, 6) is 0. The van der Waals surface area contributed by atoms with E-state index in [4.69, 9.17) is 0 Å². The third-order valence-electron chi connectivity index (χ3n) is 4.47. The Labute approximate surface area is 105 Å². The molecule has 1 unspecified atom stereocenters. The predicted molar refractivity (Wildman–Crippen MR) is 71.0 cm³/mol. The highest BCUT2D eigenvalue weighted by atomic mass is 15.1. The van der Waals surface area contributed by atoms with Crippen LogP contribution in [0.3, 0.4) is 0 Å². The quantitative estimate of drug-likeness (QED) is 0.872. The summed E-state index contributed by atoms with van der Waals surface area (Å²) in [4.78, 5) is 4.37. The Kier molecular flexibility index (Phi) is 3.06. The van der Waals surface area contributed by atoms with Crippen molar-refractivity contribution in [1.29, 1.82) is 0 Å². The van der Waals surface area contributed by atoms with E-state index in [1.54, 1.807) is 0 Å². The highest BCUT2D eigenvalue weighted by molar-refractivity contribution is 5.13. The first-order chi connectivity index (χ1) is 7.88. The standard InChI is InChI=1S/C14H25N3/c1-13(2)8-6-7-11(13)17-10-16-9-12(17)14(3,4)15-5/h9-11,15H,6-8H2,1-5H3. The van der Waals surface area contributed by atoms with Crippen LogP contribution in [0.15, 0.2) is 12.5 Å². The lowest BCUT2D eigenvalue weighted by Crippen LogP contribution is -2.37. The van der Waals surface area contributed by atoms with E-state index in [2.05, 4.69) is 42.6 Å². The average Bonchev–Trinajstić information content (AvgIpc) is 2.83. The van der Waals surface area contributed by atoms with Crippen LogP contribution < -0.4 is 5.32 Å². The first-order valence-corrected chi connectivity index (χ1v) is 6.60. The monoisotopic (exact) mass is 235 g/mol. The smallest absolute Gasteiger partial charge is 0.0951 e. The molecule has 1 aromatic rings. The number of aromatic nitrogens is 2. The Morgan fingerprint density at radius 2 is 2.18 bits per heavy atom. The Morgan fingerprint density at radius 3 is 2.71 bits per heavy atom. The van der Waals surface area contributed by atoms with Crippen LogP contribution in [0, 0.1) is 5.41 Å². The first kappa shape index (κ1) is 12.6. The van der Waals surface area contributed by atoms with Crippen LogP contribution in [0.5, 0.6) is 0 Å². The van der Waals surface area contributed by atoms with Gasteiger partial charge in [0.25, 0.3) is 0 Å². The van der Waals surface area contributed by atoms with Crippen molar-refractivity contribution in [2.24, 2.45) is 5.41 Å². The summed E-state index contributed by atoms with van der Waals surface area (Å²) in [6.07, 6.45) is 7.93. The maximum atomic E-state index is 4.37. The van der Waals surface area contributed by atoms with Gasteiger partial charge in [-0.3, -0.25) is 0 Å². The van der Waals surface area contributed by atoms with E-state index in [1.807, 2.05) is 19.6 Å². The minimum absolute atomic E-state index is 0.0187. The summed E-state index contributed by atoms with van der Waals surface area (Å²) in [6, 6.07) is 0.590. The van der Waals surface area contributed by atoms with Crippen LogP contribution in [0.2, 0.25) is 0 Å². The van der Waals surface area contributed by atoms with E-state index in [1.165, 1.54) is 25.0 Å². The molecule has 0 aliphatic heterocycles. The van der Waals surface area contributed by atoms with E-state index >= 15 is 0 Å². The van der Waals surface area contributed by atoms with Crippen LogP contribution in [0.1, 0.15) is 58.7 Å². The fourth-order valence-corrected chi connectivity index (χ4v) is 2.99. The molecule has 0 aromatic carbocycles. The summed E-state index contributed by atoms with van der Waals surface area (Å²) >= 11 is 0.